The zero-order valence-electron chi connectivity index (χ0n) is 14.3. The van der Waals surface area contributed by atoms with Gasteiger partial charge in [0, 0.05) is 19.0 Å². The average molecular weight is 334 g/mol. The summed E-state index contributed by atoms with van der Waals surface area (Å²) in [7, 11) is 1.59. The van der Waals surface area contributed by atoms with E-state index in [9.17, 15) is 9.59 Å². The highest BCUT2D eigenvalue weighted by Crippen LogP contribution is 2.07. The molecule has 0 saturated heterocycles. The monoisotopic (exact) mass is 334 g/mol. The van der Waals surface area contributed by atoms with Crippen LogP contribution in [-0.2, 0) is 11.2 Å². The second-order valence-electron chi connectivity index (χ2n) is 5.54. The van der Waals surface area contributed by atoms with E-state index in [0.29, 0.717) is 17.5 Å². The topological polar surface area (TPSA) is 58.2 Å². The number of carbonyl (C=O) groups excluding carboxylic acids is 2. The van der Waals surface area contributed by atoms with Crippen molar-refractivity contribution in [1.82, 2.24) is 10.6 Å². The normalized spacial score (nSPS) is 9.64. The number of rotatable bonds is 6. The standard InChI is InChI=1S/C21H22N2O2/c1-22-21(25)19-14-6-5-12-18(19)13-8-16-23-20(24)15-7-11-17-9-3-2-4-10-17/h2-6,9-10,12,14H,7,11,15-16H2,1H3,(H,22,25)(H,23,24). The lowest BCUT2D eigenvalue weighted by atomic mass is 10.1. The number of aryl methyl sites for hydroxylation is 1. The molecule has 25 heavy (non-hydrogen) atoms. The van der Waals surface area contributed by atoms with Crippen LogP contribution in [0.15, 0.2) is 54.6 Å². The molecule has 0 aromatic heterocycles. The van der Waals surface area contributed by atoms with Gasteiger partial charge in [0.1, 0.15) is 0 Å². The molecule has 128 valence electrons. The first-order chi connectivity index (χ1) is 12.2. The van der Waals surface area contributed by atoms with Crippen LogP contribution in [0.25, 0.3) is 0 Å². The van der Waals surface area contributed by atoms with Crippen molar-refractivity contribution in [2.75, 3.05) is 13.6 Å². The van der Waals surface area contributed by atoms with Gasteiger partial charge in [0.05, 0.1) is 12.1 Å². The Balaban J connectivity index is 1.77. The first-order valence-electron chi connectivity index (χ1n) is 8.31. The maximum absolute atomic E-state index is 11.8. The fourth-order valence-corrected chi connectivity index (χ4v) is 2.39. The minimum absolute atomic E-state index is 0.00943. The molecule has 0 spiro atoms. The van der Waals surface area contributed by atoms with E-state index < -0.39 is 0 Å². The summed E-state index contributed by atoms with van der Waals surface area (Å²) in [4.78, 5) is 23.6. The van der Waals surface area contributed by atoms with Gasteiger partial charge in [-0.3, -0.25) is 9.59 Å². The van der Waals surface area contributed by atoms with Crippen molar-refractivity contribution in [2.24, 2.45) is 0 Å². The number of carbonyl (C=O) groups is 2. The molecule has 2 rings (SSSR count). The highest BCUT2D eigenvalue weighted by molar-refractivity contribution is 5.96. The Labute approximate surface area is 148 Å². The molecule has 0 bridgehead atoms. The molecule has 0 fully saturated rings. The molecule has 0 aliphatic heterocycles. The van der Waals surface area contributed by atoms with Crippen molar-refractivity contribution in [3.05, 3.63) is 71.3 Å². The van der Waals surface area contributed by atoms with E-state index >= 15 is 0 Å². The van der Waals surface area contributed by atoms with Crippen molar-refractivity contribution in [2.45, 2.75) is 19.3 Å². The van der Waals surface area contributed by atoms with Crippen LogP contribution in [0, 0.1) is 11.8 Å². The molecular weight excluding hydrogens is 312 g/mol. The Morgan fingerprint density at radius 1 is 1.00 bits per heavy atom. The molecule has 2 N–H and O–H groups in total. The zero-order valence-corrected chi connectivity index (χ0v) is 14.3. The third kappa shape index (κ3) is 6.15. The van der Waals surface area contributed by atoms with Crippen LogP contribution in [0.3, 0.4) is 0 Å². The van der Waals surface area contributed by atoms with Crippen LogP contribution in [0.4, 0.5) is 0 Å². The van der Waals surface area contributed by atoms with E-state index in [2.05, 4.69) is 34.6 Å². The van der Waals surface area contributed by atoms with E-state index in [-0.39, 0.29) is 18.4 Å². The van der Waals surface area contributed by atoms with E-state index in [4.69, 9.17) is 0 Å². The van der Waals surface area contributed by atoms with Gasteiger partial charge >= 0.3 is 0 Å². The minimum Gasteiger partial charge on any atom is -0.355 e. The Bertz CT molecular complexity index is 773. The lowest BCUT2D eigenvalue weighted by Gasteiger charge is -2.03. The van der Waals surface area contributed by atoms with E-state index in [1.54, 1.807) is 25.2 Å². The highest BCUT2D eigenvalue weighted by atomic mass is 16.2. The smallest absolute Gasteiger partial charge is 0.252 e. The second kappa shape index (κ2) is 9.94. The summed E-state index contributed by atoms with van der Waals surface area (Å²) in [6.45, 7) is 0.270. The van der Waals surface area contributed by atoms with Crippen LogP contribution in [0.5, 0.6) is 0 Å². The zero-order chi connectivity index (χ0) is 17.9. The molecule has 4 heteroatoms. The van der Waals surface area contributed by atoms with Crippen molar-refractivity contribution in [3.63, 3.8) is 0 Å². The van der Waals surface area contributed by atoms with Crippen LogP contribution in [0.2, 0.25) is 0 Å². The van der Waals surface area contributed by atoms with Crippen molar-refractivity contribution in [1.29, 1.82) is 0 Å². The molecule has 2 aromatic carbocycles. The van der Waals surface area contributed by atoms with Crippen LogP contribution in [-0.4, -0.2) is 25.4 Å². The van der Waals surface area contributed by atoms with Crippen LogP contribution < -0.4 is 10.6 Å². The summed E-state index contributed by atoms with van der Waals surface area (Å²) in [5.74, 6) is 5.66. The van der Waals surface area contributed by atoms with Gasteiger partial charge in [-0.05, 0) is 30.5 Å². The second-order valence-corrected chi connectivity index (χ2v) is 5.54. The predicted molar refractivity (Wildman–Crippen MR) is 99.1 cm³/mol. The Hall–Kier alpha value is -3.06. The van der Waals surface area contributed by atoms with Crippen LogP contribution in [0.1, 0.15) is 34.3 Å². The number of amides is 2. The average Bonchev–Trinajstić information content (AvgIpc) is 2.66. The van der Waals surface area contributed by atoms with Gasteiger partial charge in [-0.15, -0.1) is 0 Å². The maximum atomic E-state index is 11.8. The maximum Gasteiger partial charge on any atom is 0.252 e. The molecule has 2 aromatic rings. The minimum atomic E-state index is -0.171. The fourth-order valence-electron chi connectivity index (χ4n) is 2.39. The Morgan fingerprint density at radius 2 is 1.72 bits per heavy atom. The lowest BCUT2D eigenvalue weighted by Crippen LogP contribution is -2.23. The molecule has 0 heterocycles. The quantitative estimate of drug-likeness (QED) is 0.798. The molecule has 2 amide bonds. The van der Waals surface area contributed by atoms with Gasteiger partial charge in [-0.25, -0.2) is 0 Å². The molecule has 0 atom stereocenters. The Kier molecular flexibility index (Phi) is 7.27. The number of hydrogen-bond acceptors (Lipinski definition) is 2. The van der Waals surface area contributed by atoms with Crippen molar-refractivity contribution in [3.8, 4) is 11.8 Å². The van der Waals surface area contributed by atoms with Gasteiger partial charge in [-0.2, -0.15) is 0 Å². The molecule has 4 nitrogen and oxygen atoms in total. The van der Waals surface area contributed by atoms with E-state index in [1.165, 1.54) is 5.56 Å². The van der Waals surface area contributed by atoms with Gasteiger partial charge < -0.3 is 10.6 Å². The van der Waals surface area contributed by atoms with Crippen molar-refractivity contribution < 1.29 is 9.59 Å². The van der Waals surface area contributed by atoms with Gasteiger partial charge in [0.2, 0.25) is 5.91 Å². The molecule has 0 unspecified atom stereocenters. The largest absolute Gasteiger partial charge is 0.355 e. The number of benzene rings is 2. The van der Waals surface area contributed by atoms with Crippen LogP contribution >= 0.6 is 0 Å². The summed E-state index contributed by atoms with van der Waals surface area (Å²) < 4.78 is 0. The highest BCUT2D eigenvalue weighted by Gasteiger charge is 2.06. The first kappa shape index (κ1) is 18.3. The predicted octanol–water partition coefficient (Wildman–Crippen LogP) is 2.54. The number of hydrogen-bond donors (Lipinski definition) is 2. The Morgan fingerprint density at radius 3 is 2.48 bits per heavy atom. The molecule has 0 saturated carbocycles. The van der Waals surface area contributed by atoms with Gasteiger partial charge in [-0.1, -0.05) is 54.3 Å². The lowest BCUT2D eigenvalue weighted by molar-refractivity contribution is -0.120. The molecular formula is C21H22N2O2. The third-order valence-electron chi connectivity index (χ3n) is 3.71. The number of nitrogens with one attached hydrogen (secondary N) is 2. The first-order valence-corrected chi connectivity index (χ1v) is 8.31. The molecule has 0 radical (unpaired) electrons. The van der Waals surface area contributed by atoms with Gasteiger partial charge in [0.25, 0.3) is 5.91 Å². The summed E-state index contributed by atoms with van der Waals surface area (Å²) in [5, 5.41) is 5.38. The van der Waals surface area contributed by atoms with Crippen molar-refractivity contribution >= 4 is 11.8 Å². The van der Waals surface area contributed by atoms with E-state index in [0.717, 1.165) is 12.8 Å². The molecule has 0 aliphatic carbocycles. The van der Waals surface area contributed by atoms with E-state index in [1.807, 2.05) is 24.3 Å². The fraction of sp³-hybridized carbons (Fsp3) is 0.238. The third-order valence-corrected chi connectivity index (χ3v) is 3.71. The summed E-state index contributed by atoms with van der Waals surface area (Å²) in [6, 6.07) is 17.3. The summed E-state index contributed by atoms with van der Waals surface area (Å²) in [6.07, 6.45) is 2.17. The SMILES string of the molecule is CNC(=O)c1ccccc1C#CCNC(=O)CCCc1ccccc1. The van der Waals surface area contributed by atoms with Gasteiger partial charge in [0.15, 0.2) is 0 Å². The summed E-state index contributed by atoms with van der Waals surface area (Å²) in [5.41, 5.74) is 2.42. The summed E-state index contributed by atoms with van der Waals surface area (Å²) >= 11 is 0. The molecule has 0 aliphatic rings.